The normalized spacial score (nSPS) is 15.2. The van der Waals surface area contributed by atoms with Crippen LogP contribution in [0.5, 0.6) is 11.8 Å². The first kappa shape index (κ1) is 17.5. The molecule has 1 fully saturated rings. The zero-order valence-corrected chi connectivity index (χ0v) is 15.3. The van der Waals surface area contributed by atoms with Crippen molar-refractivity contribution in [1.29, 1.82) is 0 Å². The third-order valence-electron chi connectivity index (χ3n) is 3.81. The van der Waals surface area contributed by atoms with E-state index < -0.39 is 0 Å². The standard InChI is InChI=1S/C15H21N7O2S/c1-21-6-8-22(9-7-21)14-19-12(23-2)11(13(20-14)24-3)25-15-17-5-4-10(16)18-15/h4-5H,6-9H2,1-3H3,(H2,16,17,18). The van der Waals surface area contributed by atoms with Crippen LogP contribution in [0.3, 0.4) is 0 Å². The summed E-state index contributed by atoms with van der Waals surface area (Å²) >= 11 is 1.26. The summed E-state index contributed by atoms with van der Waals surface area (Å²) < 4.78 is 10.9. The second-order valence-electron chi connectivity index (χ2n) is 5.53. The molecule has 0 aliphatic carbocycles. The van der Waals surface area contributed by atoms with Crippen molar-refractivity contribution in [3.8, 4) is 11.8 Å². The van der Waals surface area contributed by atoms with Crippen LogP contribution in [0, 0.1) is 0 Å². The first-order chi connectivity index (χ1) is 12.1. The van der Waals surface area contributed by atoms with Crippen LogP contribution in [0.15, 0.2) is 22.3 Å². The third-order valence-corrected chi connectivity index (χ3v) is 4.75. The van der Waals surface area contributed by atoms with E-state index in [-0.39, 0.29) is 0 Å². The molecule has 2 aromatic heterocycles. The number of anilines is 2. The highest BCUT2D eigenvalue weighted by atomic mass is 32.2. The lowest BCUT2D eigenvalue weighted by Gasteiger charge is -2.32. The summed E-state index contributed by atoms with van der Waals surface area (Å²) in [7, 11) is 5.24. The molecule has 0 unspecified atom stereocenters. The number of ether oxygens (including phenoxy) is 2. The van der Waals surface area contributed by atoms with Crippen LogP contribution in [0.4, 0.5) is 11.8 Å². The van der Waals surface area contributed by atoms with E-state index in [1.807, 2.05) is 0 Å². The van der Waals surface area contributed by atoms with E-state index in [9.17, 15) is 0 Å². The summed E-state index contributed by atoms with van der Waals surface area (Å²) in [5.74, 6) is 1.85. The van der Waals surface area contributed by atoms with Gasteiger partial charge >= 0.3 is 0 Å². The van der Waals surface area contributed by atoms with Gasteiger partial charge in [0.25, 0.3) is 0 Å². The zero-order chi connectivity index (χ0) is 17.8. The maximum atomic E-state index is 5.72. The molecule has 3 heterocycles. The van der Waals surface area contributed by atoms with Gasteiger partial charge in [0.05, 0.1) is 14.2 Å². The Kier molecular flexibility index (Phi) is 5.39. The fraction of sp³-hybridized carbons (Fsp3) is 0.467. The smallest absolute Gasteiger partial charge is 0.236 e. The molecule has 10 heteroatoms. The Labute approximate surface area is 150 Å². The molecule has 0 amide bonds. The number of likely N-dealkylation sites (N-methyl/N-ethyl adjacent to an activating group) is 1. The summed E-state index contributed by atoms with van der Waals surface area (Å²) in [5, 5.41) is 0.479. The summed E-state index contributed by atoms with van der Waals surface area (Å²) in [5.41, 5.74) is 5.72. The number of nitrogen functional groups attached to an aromatic ring is 1. The Hall–Kier alpha value is -2.33. The number of nitrogens with zero attached hydrogens (tertiary/aromatic N) is 6. The highest BCUT2D eigenvalue weighted by molar-refractivity contribution is 7.99. The van der Waals surface area contributed by atoms with Gasteiger partial charge in [0.2, 0.25) is 17.7 Å². The molecule has 0 spiro atoms. The summed E-state index contributed by atoms with van der Waals surface area (Å²) in [6, 6.07) is 1.63. The molecule has 3 rings (SSSR count). The molecule has 0 aromatic carbocycles. The van der Waals surface area contributed by atoms with Crippen LogP contribution < -0.4 is 20.1 Å². The molecule has 0 radical (unpaired) electrons. The second kappa shape index (κ2) is 7.70. The Morgan fingerprint density at radius 1 is 1.04 bits per heavy atom. The minimum Gasteiger partial charge on any atom is -0.480 e. The van der Waals surface area contributed by atoms with Gasteiger partial charge < -0.3 is 25.0 Å². The van der Waals surface area contributed by atoms with Crippen molar-refractivity contribution in [3.63, 3.8) is 0 Å². The van der Waals surface area contributed by atoms with E-state index in [1.165, 1.54) is 11.8 Å². The molecular formula is C15H21N7O2S. The summed E-state index contributed by atoms with van der Waals surface area (Å²) in [6.07, 6.45) is 1.60. The SMILES string of the molecule is COc1nc(N2CCN(C)CC2)nc(OC)c1Sc1nccc(N)n1. The summed E-state index contributed by atoms with van der Waals surface area (Å²) in [4.78, 5) is 22.5. The first-order valence-corrected chi connectivity index (χ1v) is 8.62. The molecule has 0 atom stereocenters. The quantitative estimate of drug-likeness (QED) is 0.766. The topological polar surface area (TPSA) is 103 Å². The Morgan fingerprint density at radius 2 is 1.68 bits per heavy atom. The molecule has 1 aliphatic heterocycles. The van der Waals surface area contributed by atoms with Gasteiger partial charge in [0.15, 0.2) is 5.16 Å². The number of piperazine rings is 1. The number of nitrogens with two attached hydrogens (primary N) is 1. The lowest BCUT2D eigenvalue weighted by Crippen LogP contribution is -2.45. The van der Waals surface area contributed by atoms with E-state index in [0.717, 1.165) is 26.2 Å². The van der Waals surface area contributed by atoms with Crippen LogP contribution in [-0.2, 0) is 0 Å². The van der Waals surface area contributed by atoms with E-state index in [1.54, 1.807) is 26.5 Å². The number of aromatic nitrogens is 4. The van der Waals surface area contributed by atoms with E-state index >= 15 is 0 Å². The van der Waals surface area contributed by atoms with Crippen molar-refractivity contribution in [2.24, 2.45) is 0 Å². The highest BCUT2D eigenvalue weighted by Gasteiger charge is 2.23. The summed E-state index contributed by atoms with van der Waals surface area (Å²) in [6.45, 7) is 3.63. The van der Waals surface area contributed by atoms with Gasteiger partial charge in [0.1, 0.15) is 10.7 Å². The van der Waals surface area contributed by atoms with Gasteiger partial charge in [-0.1, -0.05) is 0 Å². The lowest BCUT2D eigenvalue weighted by atomic mass is 10.3. The fourth-order valence-electron chi connectivity index (χ4n) is 2.41. The number of hydrogen-bond donors (Lipinski definition) is 1. The maximum absolute atomic E-state index is 5.72. The van der Waals surface area contributed by atoms with Crippen LogP contribution in [0.25, 0.3) is 0 Å². The minimum absolute atomic E-state index is 0.394. The van der Waals surface area contributed by atoms with Crippen LogP contribution in [0.2, 0.25) is 0 Å². The van der Waals surface area contributed by atoms with Crippen molar-refractivity contribution >= 4 is 23.5 Å². The van der Waals surface area contributed by atoms with Crippen LogP contribution in [0.1, 0.15) is 0 Å². The molecule has 2 aromatic rings. The second-order valence-corrected chi connectivity index (χ2v) is 6.51. The molecular weight excluding hydrogens is 342 g/mol. The van der Waals surface area contributed by atoms with Crippen molar-refractivity contribution in [2.45, 2.75) is 10.1 Å². The minimum atomic E-state index is 0.394. The van der Waals surface area contributed by atoms with Gasteiger partial charge in [-0.15, -0.1) is 0 Å². The van der Waals surface area contributed by atoms with E-state index in [2.05, 4.69) is 36.8 Å². The predicted molar refractivity (Wildman–Crippen MR) is 95.4 cm³/mol. The van der Waals surface area contributed by atoms with Crippen molar-refractivity contribution in [1.82, 2.24) is 24.8 Å². The molecule has 0 saturated carbocycles. The zero-order valence-electron chi connectivity index (χ0n) is 14.5. The number of rotatable bonds is 5. The van der Waals surface area contributed by atoms with E-state index in [0.29, 0.717) is 33.6 Å². The molecule has 0 bridgehead atoms. The van der Waals surface area contributed by atoms with Crippen molar-refractivity contribution in [3.05, 3.63) is 12.3 Å². The first-order valence-electron chi connectivity index (χ1n) is 7.80. The Morgan fingerprint density at radius 3 is 2.24 bits per heavy atom. The van der Waals surface area contributed by atoms with E-state index in [4.69, 9.17) is 15.2 Å². The molecule has 134 valence electrons. The fourth-order valence-corrected chi connectivity index (χ4v) is 3.29. The van der Waals surface area contributed by atoms with Crippen molar-refractivity contribution < 1.29 is 9.47 Å². The predicted octanol–water partition coefficient (Wildman–Crippen LogP) is 0.769. The maximum Gasteiger partial charge on any atom is 0.236 e. The van der Waals surface area contributed by atoms with Gasteiger partial charge in [-0.05, 0) is 24.9 Å². The molecule has 1 aliphatic rings. The van der Waals surface area contributed by atoms with Gasteiger partial charge in [-0.25, -0.2) is 9.97 Å². The molecule has 25 heavy (non-hydrogen) atoms. The number of methoxy groups -OCH3 is 2. The average Bonchev–Trinajstić information content (AvgIpc) is 2.62. The van der Waals surface area contributed by atoms with Gasteiger partial charge in [-0.2, -0.15) is 9.97 Å². The molecule has 9 nitrogen and oxygen atoms in total. The Balaban J connectivity index is 1.92. The van der Waals surface area contributed by atoms with Crippen LogP contribution in [-0.4, -0.2) is 72.3 Å². The Bertz CT molecular complexity index is 713. The average molecular weight is 363 g/mol. The largest absolute Gasteiger partial charge is 0.480 e. The van der Waals surface area contributed by atoms with Crippen LogP contribution >= 0.6 is 11.8 Å². The van der Waals surface area contributed by atoms with Crippen molar-refractivity contribution in [2.75, 3.05) is 58.1 Å². The molecule has 2 N–H and O–H groups in total. The highest BCUT2D eigenvalue weighted by Crippen LogP contribution is 2.39. The van der Waals surface area contributed by atoms with Gasteiger partial charge in [0, 0.05) is 32.4 Å². The number of hydrogen-bond acceptors (Lipinski definition) is 10. The third kappa shape index (κ3) is 4.02. The lowest BCUT2D eigenvalue weighted by molar-refractivity contribution is 0.308. The monoisotopic (exact) mass is 363 g/mol. The van der Waals surface area contributed by atoms with Gasteiger partial charge in [-0.3, -0.25) is 0 Å². The molecule has 1 saturated heterocycles.